The summed E-state index contributed by atoms with van der Waals surface area (Å²) in [5.41, 5.74) is 14.3. The van der Waals surface area contributed by atoms with E-state index in [2.05, 4.69) is 218 Å². The van der Waals surface area contributed by atoms with E-state index in [-0.39, 0.29) is 0 Å². The van der Waals surface area contributed by atoms with Crippen LogP contribution in [0.4, 0.5) is 0 Å². The monoisotopic (exact) mass is 781 g/mol. The van der Waals surface area contributed by atoms with Crippen LogP contribution in [0.15, 0.2) is 222 Å². The number of amidine groups is 2. The van der Waals surface area contributed by atoms with Crippen LogP contribution >= 0.6 is 0 Å². The minimum Gasteiger partial charge on any atom is -0.456 e. The zero-order valence-electron chi connectivity index (χ0n) is 33.5. The molecule has 9 aromatic carbocycles. The summed E-state index contributed by atoms with van der Waals surface area (Å²) < 4.78 is 7.15. The van der Waals surface area contributed by atoms with Crippen molar-refractivity contribution < 1.29 is 4.74 Å². The predicted molar refractivity (Wildman–Crippen MR) is 249 cm³/mol. The molecule has 288 valence electrons. The number of fused-ring (bicyclic) bond motifs is 10. The second-order valence-corrected chi connectivity index (χ2v) is 16.0. The molecule has 2 aliphatic heterocycles. The Hall–Kier alpha value is -7.82. The van der Waals surface area contributed by atoms with Crippen LogP contribution in [-0.4, -0.2) is 23.6 Å². The Morgan fingerprint density at radius 2 is 0.951 bits per heavy atom. The van der Waals surface area contributed by atoms with Crippen LogP contribution in [0.2, 0.25) is 0 Å². The molecule has 9 aromatic rings. The van der Waals surface area contributed by atoms with Crippen LogP contribution in [0.5, 0.6) is 11.5 Å². The van der Waals surface area contributed by atoms with Gasteiger partial charge in [0.15, 0.2) is 12.0 Å². The highest BCUT2D eigenvalue weighted by molar-refractivity contribution is 6.19. The second-order valence-electron chi connectivity index (χ2n) is 16.0. The summed E-state index contributed by atoms with van der Waals surface area (Å²) in [4.78, 5) is 13.1. The minimum absolute atomic E-state index is 0.403. The number of rotatable bonds is 5. The van der Waals surface area contributed by atoms with Gasteiger partial charge in [0, 0.05) is 40.4 Å². The van der Waals surface area contributed by atoms with E-state index < -0.39 is 11.6 Å². The standard InChI is InChI=1S/C57H39N3O/c1-60-55(58-54(38-21-6-3-7-22-38)59-56(60)47-36-35-39(37-19-4-2-5-20-37)40-23-8-9-24-41(40)47)46-28-11-10-25-42(46)45-29-18-33-51-53(45)61-52-34-17-16-32-50(52)57(51)48-30-14-12-26-43(48)44-27-13-15-31-49(44)57/h2-36,55H,1H3. The van der Waals surface area contributed by atoms with E-state index in [1.54, 1.807) is 0 Å². The number of hydrogen-bond donors (Lipinski definition) is 0. The first kappa shape index (κ1) is 35.2. The summed E-state index contributed by atoms with van der Waals surface area (Å²) in [6.45, 7) is 0. The highest BCUT2D eigenvalue weighted by Crippen LogP contribution is 2.63. The molecular formula is C57H39N3O. The molecule has 12 rings (SSSR count). The van der Waals surface area contributed by atoms with Gasteiger partial charge in [-0.15, -0.1) is 0 Å². The Balaban J connectivity index is 1.06. The fraction of sp³-hybridized carbons (Fsp3) is 0.0526. The van der Waals surface area contributed by atoms with Crippen molar-refractivity contribution in [2.75, 3.05) is 7.05 Å². The molecule has 0 aromatic heterocycles. The van der Waals surface area contributed by atoms with Gasteiger partial charge in [0.2, 0.25) is 0 Å². The van der Waals surface area contributed by atoms with Crippen molar-refractivity contribution in [1.29, 1.82) is 0 Å². The van der Waals surface area contributed by atoms with E-state index in [9.17, 15) is 0 Å². The third-order valence-electron chi connectivity index (χ3n) is 12.8. The van der Waals surface area contributed by atoms with E-state index in [4.69, 9.17) is 14.7 Å². The van der Waals surface area contributed by atoms with Crippen LogP contribution in [0.1, 0.15) is 45.1 Å². The normalized spacial score (nSPS) is 15.6. The highest BCUT2D eigenvalue weighted by Gasteiger charge is 2.51. The number of aliphatic imine (C=N–C) groups is 2. The summed E-state index contributed by atoms with van der Waals surface area (Å²) in [5.74, 6) is 3.29. The SMILES string of the molecule is CN1C(c2ccc(-c3ccccc3)c3ccccc23)=NC(c2ccccc2)=NC1c1ccccc1-c1cccc2c1Oc1ccccc1C21c2ccccc2-c2ccccc21. The van der Waals surface area contributed by atoms with Gasteiger partial charge in [-0.25, -0.2) is 9.98 Å². The molecule has 1 aliphatic carbocycles. The lowest BCUT2D eigenvalue weighted by atomic mass is 9.65. The maximum atomic E-state index is 7.15. The van der Waals surface area contributed by atoms with Gasteiger partial charge in [0.1, 0.15) is 17.3 Å². The van der Waals surface area contributed by atoms with Crippen molar-refractivity contribution >= 4 is 22.4 Å². The molecular weight excluding hydrogens is 743 g/mol. The van der Waals surface area contributed by atoms with E-state index in [1.807, 2.05) is 6.07 Å². The first-order valence-corrected chi connectivity index (χ1v) is 20.9. The fourth-order valence-corrected chi connectivity index (χ4v) is 10.2. The second kappa shape index (κ2) is 13.9. The minimum atomic E-state index is -0.560. The molecule has 0 bridgehead atoms. The third kappa shape index (κ3) is 5.25. The predicted octanol–water partition coefficient (Wildman–Crippen LogP) is 13.5. The van der Waals surface area contributed by atoms with Crippen molar-refractivity contribution in [2.45, 2.75) is 11.6 Å². The van der Waals surface area contributed by atoms with Crippen molar-refractivity contribution in [3.63, 3.8) is 0 Å². The Labute approximate surface area is 355 Å². The van der Waals surface area contributed by atoms with Crippen molar-refractivity contribution in [1.82, 2.24) is 4.90 Å². The van der Waals surface area contributed by atoms with Crippen LogP contribution < -0.4 is 4.74 Å². The Kier molecular flexibility index (Phi) is 8.01. The smallest absolute Gasteiger partial charge is 0.159 e. The van der Waals surface area contributed by atoms with E-state index in [1.165, 1.54) is 38.8 Å². The Morgan fingerprint density at radius 3 is 1.67 bits per heavy atom. The van der Waals surface area contributed by atoms with Crippen LogP contribution in [0, 0.1) is 0 Å². The number of benzene rings is 9. The molecule has 0 N–H and O–H groups in total. The summed E-state index contributed by atoms with van der Waals surface area (Å²) in [6.07, 6.45) is -0.403. The van der Waals surface area contributed by atoms with E-state index >= 15 is 0 Å². The molecule has 3 aliphatic rings. The van der Waals surface area contributed by atoms with Gasteiger partial charge in [-0.05, 0) is 55.8 Å². The largest absolute Gasteiger partial charge is 0.456 e. The summed E-state index contributed by atoms with van der Waals surface area (Å²) in [6, 6.07) is 75.8. The first-order valence-electron chi connectivity index (χ1n) is 20.9. The average Bonchev–Trinajstić information content (AvgIpc) is 3.62. The molecule has 4 heteroatoms. The molecule has 1 atom stereocenters. The third-order valence-corrected chi connectivity index (χ3v) is 12.8. The lowest BCUT2D eigenvalue weighted by Crippen LogP contribution is -2.36. The Morgan fingerprint density at radius 1 is 0.426 bits per heavy atom. The first-order chi connectivity index (χ1) is 30.2. The number of ether oxygens (including phenoxy) is 1. The van der Waals surface area contributed by atoms with Crippen molar-refractivity contribution in [3.8, 4) is 44.9 Å². The highest BCUT2D eigenvalue weighted by atomic mass is 16.5. The molecule has 61 heavy (non-hydrogen) atoms. The van der Waals surface area contributed by atoms with Crippen LogP contribution in [0.25, 0.3) is 44.2 Å². The van der Waals surface area contributed by atoms with Gasteiger partial charge in [-0.3, -0.25) is 0 Å². The number of nitrogens with zero attached hydrogens (tertiary/aromatic N) is 3. The molecule has 2 heterocycles. The zero-order chi connectivity index (χ0) is 40.5. The quantitative estimate of drug-likeness (QED) is 0.174. The maximum Gasteiger partial charge on any atom is 0.159 e. The topological polar surface area (TPSA) is 37.2 Å². The molecule has 0 radical (unpaired) electrons. The summed E-state index contributed by atoms with van der Waals surface area (Å²) in [7, 11) is 2.13. The zero-order valence-corrected chi connectivity index (χ0v) is 33.5. The lowest BCUT2D eigenvalue weighted by molar-refractivity contribution is 0.383. The molecule has 0 fully saturated rings. The molecule has 0 saturated carbocycles. The molecule has 1 unspecified atom stereocenters. The lowest BCUT2D eigenvalue weighted by Gasteiger charge is -2.40. The van der Waals surface area contributed by atoms with Gasteiger partial charge >= 0.3 is 0 Å². The van der Waals surface area contributed by atoms with Gasteiger partial charge in [-0.1, -0.05) is 206 Å². The average molecular weight is 782 g/mol. The van der Waals surface area contributed by atoms with Crippen LogP contribution in [0.3, 0.4) is 0 Å². The molecule has 1 spiro atoms. The molecule has 0 saturated heterocycles. The summed E-state index contributed by atoms with van der Waals surface area (Å²) in [5, 5.41) is 2.32. The molecule has 0 amide bonds. The summed E-state index contributed by atoms with van der Waals surface area (Å²) >= 11 is 0. The van der Waals surface area contributed by atoms with Crippen LogP contribution in [-0.2, 0) is 5.41 Å². The van der Waals surface area contributed by atoms with Crippen molar-refractivity contribution in [2.24, 2.45) is 9.98 Å². The van der Waals surface area contributed by atoms with E-state index in [0.29, 0.717) is 5.84 Å². The van der Waals surface area contributed by atoms with Gasteiger partial charge < -0.3 is 9.64 Å². The van der Waals surface area contributed by atoms with Crippen molar-refractivity contribution in [3.05, 3.63) is 251 Å². The van der Waals surface area contributed by atoms with E-state index in [0.717, 1.165) is 61.7 Å². The number of hydrogen-bond acceptors (Lipinski definition) is 4. The maximum absolute atomic E-state index is 7.15. The van der Waals surface area contributed by atoms with Gasteiger partial charge in [0.05, 0.1) is 5.41 Å². The Bertz CT molecular complexity index is 3210. The molecule has 4 nitrogen and oxygen atoms in total. The fourth-order valence-electron chi connectivity index (χ4n) is 10.2. The number of para-hydroxylation sites is 2. The van der Waals surface area contributed by atoms with Gasteiger partial charge in [-0.2, -0.15) is 0 Å². The van der Waals surface area contributed by atoms with Gasteiger partial charge in [0.25, 0.3) is 0 Å².